The van der Waals surface area contributed by atoms with Crippen LogP contribution in [0.4, 0.5) is 0 Å². The molecule has 1 aromatic carbocycles. The lowest BCUT2D eigenvalue weighted by atomic mass is 10.1. The Morgan fingerprint density at radius 3 is 2.55 bits per heavy atom. The second-order valence-electron chi connectivity index (χ2n) is 5.58. The Labute approximate surface area is 120 Å². The Kier molecular flexibility index (Phi) is 4.48. The van der Waals surface area contributed by atoms with E-state index in [1.54, 1.807) is 35.2 Å². The van der Waals surface area contributed by atoms with Gasteiger partial charge in [0.05, 0.1) is 10.6 Å². The molecular formula is C15H21NO3S. The molecule has 0 N–H and O–H groups in total. The number of hydrogen-bond acceptors (Lipinski definition) is 3. The molecule has 0 saturated carbocycles. The van der Waals surface area contributed by atoms with Crippen LogP contribution >= 0.6 is 0 Å². The zero-order valence-corrected chi connectivity index (χ0v) is 12.8. The molecule has 20 heavy (non-hydrogen) atoms. The van der Waals surface area contributed by atoms with Gasteiger partial charge in [0.1, 0.15) is 0 Å². The van der Waals surface area contributed by atoms with Gasteiger partial charge in [-0.25, -0.2) is 8.42 Å². The number of rotatable bonds is 4. The summed E-state index contributed by atoms with van der Waals surface area (Å²) < 4.78 is 24.8. The third-order valence-electron chi connectivity index (χ3n) is 3.67. The highest BCUT2D eigenvalue weighted by Crippen LogP contribution is 2.23. The van der Waals surface area contributed by atoms with Gasteiger partial charge < -0.3 is 4.90 Å². The Bertz CT molecular complexity index is 566. The molecule has 0 spiro atoms. The molecule has 1 aromatic rings. The molecule has 1 heterocycles. The van der Waals surface area contributed by atoms with Crippen LogP contribution in [0.15, 0.2) is 35.2 Å². The molecule has 1 aliphatic rings. The highest BCUT2D eigenvalue weighted by atomic mass is 32.2. The van der Waals surface area contributed by atoms with Crippen molar-refractivity contribution in [2.24, 2.45) is 5.92 Å². The maximum absolute atomic E-state index is 12.4. The van der Waals surface area contributed by atoms with E-state index in [4.69, 9.17) is 0 Å². The van der Waals surface area contributed by atoms with E-state index in [0.717, 1.165) is 12.8 Å². The first-order valence-corrected chi connectivity index (χ1v) is 8.65. The maximum Gasteiger partial charge on any atom is 0.225 e. The third-order valence-corrected chi connectivity index (χ3v) is 5.48. The van der Waals surface area contributed by atoms with Gasteiger partial charge >= 0.3 is 0 Å². The number of benzene rings is 1. The number of carbonyl (C=O) groups is 1. The van der Waals surface area contributed by atoms with Crippen LogP contribution in [0.3, 0.4) is 0 Å². The monoisotopic (exact) mass is 295 g/mol. The number of sulfone groups is 1. The summed E-state index contributed by atoms with van der Waals surface area (Å²) in [5, 5.41) is 0. The largest absolute Gasteiger partial charge is 0.338 e. The van der Waals surface area contributed by atoms with E-state index in [1.807, 2.05) is 13.8 Å². The second kappa shape index (κ2) is 5.95. The van der Waals surface area contributed by atoms with Gasteiger partial charge in [-0.3, -0.25) is 4.79 Å². The molecule has 110 valence electrons. The molecule has 0 aromatic heterocycles. The van der Waals surface area contributed by atoms with Gasteiger partial charge in [0, 0.05) is 18.5 Å². The topological polar surface area (TPSA) is 54.5 Å². The minimum Gasteiger partial charge on any atom is -0.338 e. The first kappa shape index (κ1) is 15.0. The smallest absolute Gasteiger partial charge is 0.225 e. The Hall–Kier alpha value is -1.36. The lowest BCUT2D eigenvalue weighted by Gasteiger charge is -2.26. The van der Waals surface area contributed by atoms with E-state index >= 15 is 0 Å². The minimum atomic E-state index is -3.33. The molecule has 0 radical (unpaired) electrons. The van der Waals surface area contributed by atoms with E-state index in [9.17, 15) is 13.2 Å². The van der Waals surface area contributed by atoms with Gasteiger partial charge in [-0.15, -0.1) is 0 Å². The molecule has 1 aliphatic heterocycles. The Morgan fingerprint density at radius 2 is 1.95 bits per heavy atom. The van der Waals surface area contributed by atoms with Crippen molar-refractivity contribution in [1.82, 2.24) is 4.90 Å². The van der Waals surface area contributed by atoms with Crippen LogP contribution in [0.5, 0.6) is 0 Å². The fraction of sp³-hybridized carbons (Fsp3) is 0.533. The molecule has 1 amide bonds. The summed E-state index contributed by atoms with van der Waals surface area (Å²) in [5.41, 5.74) is 0. The molecule has 1 atom stereocenters. The number of amides is 1. The summed E-state index contributed by atoms with van der Waals surface area (Å²) >= 11 is 0. The molecule has 0 bridgehead atoms. The van der Waals surface area contributed by atoms with Crippen molar-refractivity contribution >= 4 is 15.7 Å². The lowest BCUT2D eigenvalue weighted by Crippen LogP contribution is -2.41. The van der Waals surface area contributed by atoms with Gasteiger partial charge in [0.15, 0.2) is 9.84 Å². The molecule has 0 unspecified atom stereocenters. The molecule has 2 rings (SSSR count). The normalized spacial score (nSPS) is 19.6. The SMILES string of the molecule is CC(C)C(=O)N1CCC[C@H]1CS(=O)(=O)c1ccccc1. The highest BCUT2D eigenvalue weighted by molar-refractivity contribution is 7.91. The average molecular weight is 295 g/mol. The number of carbonyl (C=O) groups excluding carboxylic acids is 1. The van der Waals surface area contributed by atoms with Gasteiger partial charge in [-0.05, 0) is 25.0 Å². The van der Waals surface area contributed by atoms with Crippen molar-refractivity contribution in [2.45, 2.75) is 37.6 Å². The predicted molar refractivity (Wildman–Crippen MR) is 78.1 cm³/mol. The third kappa shape index (κ3) is 3.20. The molecule has 1 saturated heterocycles. The first-order valence-electron chi connectivity index (χ1n) is 7.00. The lowest BCUT2D eigenvalue weighted by molar-refractivity contribution is -0.134. The first-order chi connectivity index (χ1) is 9.42. The number of nitrogens with zero attached hydrogens (tertiary/aromatic N) is 1. The quantitative estimate of drug-likeness (QED) is 0.855. The van der Waals surface area contributed by atoms with Gasteiger partial charge in [-0.2, -0.15) is 0 Å². The minimum absolute atomic E-state index is 0.0233. The average Bonchev–Trinajstić information content (AvgIpc) is 2.86. The van der Waals surface area contributed by atoms with Crippen molar-refractivity contribution < 1.29 is 13.2 Å². The van der Waals surface area contributed by atoms with Crippen molar-refractivity contribution in [2.75, 3.05) is 12.3 Å². The molecule has 4 nitrogen and oxygen atoms in total. The summed E-state index contributed by atoms with van der Waals surface area (Å²) in [6.45, 7) is 4.37. The van der Waals surface area contributed by atoms with Crippen LogP contribution in [0.25, 0.3) is 0 Å². The molecule has 0 aliphatic carbocycles. The van der Waals surface area contributed by atoms with Crippen molar-refractivity contribution in [3.05, 3.63) is 30.3 Å². The van der Waals surface area contributed by atoms with Crippen LogP contribution in [-0.2, 0) is 14.6 Å². The second-order valence-corrected chi connectivity index (χ2v) is 7.61. The summed E-state index contributed by atoms with van der Waals surface area (Å²) in [6, 6.07) is 8.27. The van der Waals surface area contributed by atoms with Crippen molar-refractivity contribution in [1.29, 1.82) is 0 Å². The Morgan fingerprint density at radius 1 is 1.30 bits per heavy atom. The van der Waals surface area contributed by atoms with E-state index < -0.39 is 9.84 Å². The number of likely N-dealkylation sites (tertiary alicyclic amines) is 1. The van der Waals surface area contributed by atoms with E-state index in [1.165, 1.54) is 0 Å². The summed E-state index contributed by atoms with van der Waals surface area (Å²) in [6.07, 6.45) is 1.65. The molecular weight excluding hydrogens is 274 g/mol. The summed E-state index contributed by atoms with van der Waals surface area (Å²) in [7, 11) is -3.33. The van der Waals surface area contributed by atoms with Gasteiger partial charge in [0.25, 0.3) is 0 Å². The zero-order chi connectivity index (χ0) is 14.8. The molecule has 1 fully saturated rings. The Balaban J connectivity index is 2.15. The predicted octanol–water partition coefficient (Wildman–Crippen LogP) is 2.11. The number of hydrogen-bond donors (Lipinski definition) is 0. The van der Waals surface area contributed by atoms with Crippen LogP contribution in [0.1, 0.15) is 26.7 Å². The van der Waals surface area contributed by atoms with Crippen molar-refractivity contribution in [3.63, 3.8) is 0 Å². The van der Waals surface area contributed by atoms with E-state index in [-0.39, 0.29) is 23.6 Å². The van der Waals surface area contributed by atoms with E-state index in [2.05, 4.69) is 0 Å². The summed E-state index contributed by atoms with van der Waals surface area (Å²) in [5.74, 6) is -0.0130. The van der Waals surface area contributed by atoms with Gasteiger partial charge in [-0.1, -0.05) is 32.0 Å². The highest BCUT2D eigenvalue weighted by Gasteiger charge is 2.33. The van der Waals surface area contributed by atoms with Crippen LogP contribution in [0, 0.1) is 5.92 Å². The van der Waals surface area contributed by atoms with E-state index in [0.29, 0.717) is 11.4 Å². The standard InChI is InChI=1S/C15H21NO3S/c1-12(2)15(17)16-10-6-7-13(16)11-20(18,19)14-8-4-3-5-9-14/h3-5,8-9,12-13H,6-7,10-11H2,1-2H3/t13-/m0/s1. The maximum atomic E-state index is 12.4. The zero-order valence-electron chi connectivity index (χ0n) is 12.0. The van der Waals surface area contributed by atoms with Crippen LogP contribution < -0.4 is 0 Å². The fourth-order valence-electron chi connectivity index (χ4n) is 2.61. The van der Waals surface area contributed by atoms with Gasteiger partial charge in [0.2, 0.25) is 5.91 Å². The van der Waals surface area contributed by atoms with Crippen molar-refractivity contribution in [3.8, 4) is 0 Å². The fourth-order valence-corrected chi connectivity index (χ4v) is 4.23. The molecule has 5 heteroatoms. The van der Waals surface area contributed by atoms with Crippen LogP contribution in [-0.4, -0.2) is 37.6 Å². The summed E-state index contributed by atoms with van der Waals surface area (Å²) in [4.78, 5) is 14.2. The van der Waals surface area contributed by atoms with Crippen LogP contribution in [0.2, 0.25) is 0 Å².